The summed E-state index contributed by atoms with van der Waals surface area (Å²) >= 11 is 0. The summed E-state index contributed by atoms with van der Waals surface area (Å²) in [5.74, 6) is -0.345. The standard InChI is InChI=1S/C13H20N4O2/c1-4-10-8-17(6-5-16(10)3)13-14-7-11(12(18)19)9(2)15-13/h7,10H,4-6,8H2,1-3H3,(H,18,19). The third-order valence-corrected chi connectivity index (χ3v) is 3.73. The zero-order valence-electron chi connectivity index (χ0n) is 11.6. The van der Waals surface area contributed by atoms with Crippen molar-refractivity contribution in [2.45, 2.75) is 26.3 Å². The fourth-order valence-corrected chi connectivity index (χ4v) is 2.39. The van der Waals surface area contributed by atoms with Crippen LogP contribution in [0, 0.1) is 6.92 Å². The highest BCUT2D eigenvalue weighted by molar-refractivity contribution is 5.88. The number of aromatic nitrogens is 2. The Labute approximate surface area is 113 Å². The van der Waals surface area contributed by atoms with E-state index < -0.39 is 5.97 Å². The summed E-state index contributed by atoms with van der Waals surface area (Å²) in [6, 6.07) is 0.497. The lowest BCUT2D eigenvalue weighted by atomic mass is 10.1. The molecule has 1 fully saturated rings. The SMILES string of the molecule is CCC1CN(c2ncc(C(=O)O)c(C)n2)CCN1C. The number of aryl methyl sites for hydroxylation is 1. The number of likely N-dealkylation sites (N-methyl/N-ethyl adjacent to an activating group) is 1. The van der Waals surface area contributed by atoms with Crippen molar-refractivity contribution in [2.24, 2.45) is 0 Å². The Hall–Kier alpha value is -1.69. The molecule has 1 N–H and O–H groups in total. The van der Waals surface area contributed by atoms with Gasteiger partial charge in [0.25, 0.3) is 0 Å². The first kappa shape index (κ1) is 13.7. The highest BCUT2D eigenvalue weighted by Crippen LogP contribution is 2.17. The van der Waals surface area contributed by atoms with Gasteiger partial charge >= 0.3 is 5.97 Å². The van der Waals surface area contributed by atoms with Crippen LogP contribution < -0.4 is 4.90 Å². The summed E-state index contributed by atoms with van der Waals surface area (Å²) in [5, 5.41) is 8.98. The first-order valence-corrected chi connectivity index (χ1v) is 6.55. The molecule has 1 aliphatic rings. The Morgan fingerprint density at radius 1 is 1.53 bits per heavy atom. The van der Waals surface area contributed by atoms with Gasteiger partial charge in [0.1, 0.15) is 0 Å². The van der Waals surface area contributed by atoms with Crippen molar-refractivity contribution in [1.29, 1.82) is 0 Å². The Morgan fingerprint density at radius 3 is 2.84 bits per heavy atom. The van der Waals surface area contributed by atoms with Crippen molar-refractivity contribution in [3.63, 3.8) is 0 Å². The quantitative estimate of drug-likeness (QED) is 0.878. The molecule has 1 aliphatic heterocycles. The van der Waals surface area contributed by atoms with Crippen molar-refractivity contribution < 1.29 is 9.90 Å². The zero-order valence-corrected chi connectivity index (χ0v) is 11.6. The van der Waals surface area contributed by atoms with Crippen LogP contribution in [0.15, 0.2) is 6.20 Å². The van der Waals surface area contributed by atoms with Gasteiger partial charge in [0.05, 0.1) is 11.3 Å². The van der Waals surface area contributed by atoms with Crippen LogP contribution >= 0.6 is 0 Å². The van der Waals surface area contributed by atoms with Gasteiger partial charge in [-0.1, -0.05) is 6.92 Å². The molecule has 0 aromatic carbocycles. The second-order valence-corrected chi connectivity index (χ2v) is 4.96. The summed E-state index contributed by atoms with van der Waals surface area (Å²) in [4.78, 5) is 23.9. The van der Waals surface area contributed by atoms with Crippen LogP contribution in [0.1, 0.15) is 29.4 Å². The third-order valence-electron chi connectivity index (χ3n) is 3.73. The zero-order chi connectivity index (χ0) is 14.0. The first-order chi connectivity index (χ1) is 9.02. The van der Waals surface area contributed by atoms with Gasteiger partial charge in [0.2, 0.25) is 5.95 Å². The lowest BCUT2D eigenvalue weighted by molar-refractivity contribution is 0.0695. The molecule has 1 aromatic rings. The van der Waals surface area contributed by atoms with Crippen LogP contribution in [0.2, 0.25) is 0 Å². The van der Waals surface area contributed by atoms with Gasteiger partial charge in [-0.2, -0.15) is 0 Å². The minimum absolute atomic E-state index is 0.171. The number of anilines is 1. The molecule has 104 valence electrons. The van der Waals surface area contributed by atoms with Crippen molar-refractivity contribution >= 4 is 11.9 Å². The topological polar surface area (TPSA) is 69.6 Å². The van der Waals surface area contributed by atoms with E-state index in [2.05, 4.69) is 33.7 Å². The molecule has 0 bridgehead atoms. The lowest BCUT2D eigenvalue weighted by Crippen LogP contribution is -2.51. The number of nitrogens with zero attached hydrogens (tertiary/aromatic N) is 4. The molecule has 0 saturated carbocycles. The highest BCUT2D eigenvalue weighted by Gasteiger charge is 2.25. The average Bonchev–Trinajstić information content (AvgIpc) is 2.38. The van der Waals surface area contributed by atoms with E-state index in [0.29, 0.717) is 17.7 Å². The lowest BCUT2D eigenvalue weighted by Gasteiger charge is -2.39. The summed E-state index contributed by atoms with van der Waals surface area (Å²) < 4.78 is 0. The maximum absolute atomic E-state index is 11.0. The second-order valence-electron chi connectivity index (χ2n) is 4.96. The molecule has 1 atom stereocenters. The number of carbonyl (C=O) groups is 1. The van der Waals surface area contributed by atoms with Gasteiger partial charge < -0.3 is 10.0 Å². The Balaban J connectivity index is 2.18. The monoisotopic (exact) mass is 264 g/mol. The molecular formula is C13H20N4O2. The van der Waals surface area contributed by atoms with Gasteiger partial charge in [-0.25, -0.2) is 14.8 Å². The number of aromatic carboxylic acids is 1. The number of carboxylic acids is 1. The van der Waals surface area contributed by atoms with E-state index in [-0.39, 0.29) is 5.56 Å². The van der Waals surface area contributed by atoms with E-state index in [4.69, 9.17) is 5.11 Å². The number of hydrogen-bond donors (Lipinski definition) is 1. The van der Waals surface area contributed by atoms with Gasteiger partial charge in [0.15, 0.2) is 0 Å². The van der Waals surface area contributed by atoms with E-state index in [0.717, 1.165) is 26.1 Å². The van der Waals surface area contributed by atoms with Crippen LogP contribution in [-0.2, 0) is 0 Å². The van der Waals surface area contributed by atoms with E-state index >= 15 is 0 Å². The molecule has 2 rings (SSSR count). The molecule has 6 heteroatoms. The van der Waals surface area contributed by atoms with Crippen molar-refractivity contribution in [3.05, 3.63) is 17.5 Å². The third kappa shape index (κ3) is 2.84. The van der Waals surface area contributed by atoms with Crippen molar-refractivity contribution in [2.75, 3.05) is 31.6 Å². The normalized spacial score (nSPS) is 20.6. The van der Waals surface area contributed by atoms with Crippen LogP contribution in [0.25, 0.3) is 0 Å². The Kier molecular flexibility index (Phi) is 3.99. The van der Waals surface area contributed by atoms with Gasteiger partial charge in [-0.15, -0.1) is 0 Å². The van der Waals surface area contributed by atoms with Crippen molar-refractivity contribution in [3.8, 4) is 0 Å². The second kappa shape index (κ2) is 5.52. The summed E-state index contributed by atoms with van der Waals surface area (Å²) in [5.41, 5.74) is 0.689. The fourth-order valence-electron chi connectivity index (χ4n) is 2.39. The molecule has 1 unspecified atom stereocenters. The molecule has 2 heterocycles. The average molecular weight is 264 g/mol. The van der Waals surface area contributed by atoms with Crippen LogP contribution in [0.4, 0.5) is 5.95 Å². The number of carboxylic acid groups (broad SMARTS) is 1. The smallest absolute Gasteiger partial charge is 0.339 e. The summed E-state index contributed by atoms with van der Waals surface area (Å²) in [6.45, 7) is 6.62. The van der Waals surface area contributed by atoms with E-state index in [1.54, 1.807) is 6.92 Å². The predicted molar refractivity (Wildman–Crippen MR) is 72.7 cm³/mol. The minimum Gasteiger partial charge on any atom is -0.478 e. The van der Waals surface area contributed by atoms with Gasteiger partial charge in [-0.05, 0) is 20.4 Å². The van der Waals surface area contributed by atoms with Crippen LogP contribution in [0.3, 0.4) is 0 Å². The largest absolute Gasteiger partial charge is 0.478 e. The van der Waals surface area contributed by atoms with Gasteiger partial charge in [-0.3, -0.25) is 4.90 Å². The summed E-state index contributed by atoms with van der Waals surface area (Å²) in [6.07, 6.45) is 2.48. The molecule has 1 aromatic heterocycles. The maximum Gasteiger partial charge on any atom is 0.339 e. The molecule has 19 heavy (non-hydrogen) atoms. The molecule has 0 amide bonds. The minimum atomic E-state index is -0.978. The van der Waals surface area contributed by atoms with Crippen LogP contribution in [0.5, 0.6) is 0 Å². The Bertz CT molecular complexity index is 478. The van der Waals surface area contributed by atoms with Gasteiger partial charge in [0, 0.05) is 31.9 Å². The predicted octanol–water partition coefficient (Wildman–Crippen LogP) is 1.01. The number of piperazine rings is 1. The fraction of sp³-hybridized carbons (Fsp3) is 0.615. The maximum atomic E-state index is 11.0. The van der Waals surface area contributed by atoms with E-state index in [1.165, 1.54) is 6.20 Å². The molecule has 1 saturated heterocycles. The molecule has 6 nitrogen and oxygen atoms in total. The number of rotatable bonds is 3. The first-order valence-electron chi connectivity index (χ1n) is 6.55. The van der Waals surface area contributed by atoms with E-state index in [1.807, 2.05) is 0 Å². The molecular weight excluding hydrogens is 244 g/mol. The summed E-state index contributed by atoms with van der Waals surface area (Å²) in [7, 11) is 2.13. The number of hydrogen-bond acceptors (Lipinski definition) is 5. The highest BCUT2D eigenvalue weighted by atomic mass is 16.4. The van der Waals surface area contributed by atoms with Crippen molar-refractivity contribution in [1.82, 2.24) is 14.9 Å². The molecule has 0 aliphatic carbocycles. The Morgan fingerprint density at radius 2 is 2.26 bits per heavy atom. The molecule has 0 radical (unpaired) electrons. The van der Waals surface area contributed by atoms with E-state index in [9.17, 15) is 4.79 Å². The van der Waals surface area contributed by atoms with Crippen LogP contribution in [-0.4, -0.2) is 58.7 Å². The molecule has 0 spiro atoms.